The highest BCUT2D eigenvalue weighted by Crippen LogP contribution is 2.38. The fourth-order valence-electron chi connectivity index (χ4n) is 3.80. The van der Waals surface area contributed by atoms with Crippen LogP contribution >= 0.6 is 0 Å². The summed E-state index contributed by atoms with van der Waals surface area (Å²) >= 11 is 0. The van der Waals surface area contributed by atoms with Crippen molar-refractivity contribution in [2.45, 2.75) is 64.0 Å². The minimum atomic E-state index is -5.05. The molecule has 0 radical (unpaired) electrons. The van der Waals surface area contributed by atoms with Crippen LogP contribution in [-0.4, -0.2) is 61.7 Å². The first-order chi connectivity index (χ1) is 20.8. The molecule has 0 aliphatic rings. The number of rotatable bonds is 10. The number of nitrogens with one attached hydrogen (secondary N) is 2. The van der Waals surface area contributed by atoms with Gasteiger partial charge in [0.2, 0.25) is 11.6 Å². The number of hydrogen-bond donors (Lipinski definition) is 3. The highest BCUT2D eigenvalue weighted by molar-refractivity contribution is 5.94. The van der Waals surface area contributed by atoms with E-state index >= 15 is 0 Å². The molecule has 0 bridgehead atoms. The Kier molecular flexibility index (Phi) is 10.7. The van der Waals surface area contributed by atoms with E-state index in [0.717, 1.165) is 0 Å². The van der Waals surface area contributed by atoms with Gasteiger partial charge in [0.1, 0.15) is 11.6 Å². The Morgan fingerprint density at radius 1 is 0.800 bits per heavy atom. The summed E-state index contributed by atoms with van der Waals surface area (Å²) in [5, 5.41) is 29.1. The second-order valence-corrected chi connectivity index (χ2v) is 10.7. The summed E-state index contributed by atoms with van der Waals surface area (Å²) in [7, 11) is 0. The molecule has 45 heavy (non-hydrogen) atoms. The lowest BCUT2D eigenvalue weighted by Gasteiger charge is -2.22. The molecule has 3 N–H and O–H groups in total. The molecule has 1 heterocycles. The maximum absolute atomic E-state index is 13.2. The average Bonchev–Trinajstić information content (AvgIpc) is 2.94. The van der Waals surface area contributed by atoms with Crippen molar-refractivity contribution in [2.24, 2.45) is 0 Å². The van der Waals surface area contributed by atoms with E-state index in [1.165, 1.54) is 24.3 Å². The molecule has 1 aromatic heterocycles. The third-order valence-electron chi connectivity index (χ3n) is 5.92. The predicted octanol–water partition coefficient (Wildman–Crippen LogP) is 5.52. The number of ether oxygens (including phenoxy) is 1. The van der Waals surface area contributed by atoms with Gasteiger partial charge in [-0.3, -0.25) is 4.79 Å². The number of unbranched alkanes of at least 4 members (excludes halogenated alkanes) is 1. The number of aromatic nitrogens is 4. The van der Waals surface area contributed by atoms with Gasteiger partial charge in [-0.05, 0) is 70.4 Å². The number of benzene rings is 2. The monoisotopic (exact) mass is 642 g/mol. The van der Waals surface area contributed by atoms with E-state index in [9.17, 15) is 45.8 Å². The van der Waals surface area contributed by atoms with Gasteiger partial charge >= 0.3 is 24.4 Å². The first kappa shape index (κ1) is 34.7. The number of hydrogen-bond acceptors (Lipinski definition) is 8. The summed E-state index contributed by atoms with van der Waals surface area (Å²) in [4.78, 5) is 35.7. The van der Waals surface area contributed by atoms with Gasteiger partial charge in [-0.1, -0.05) is 12.1 Å². The second kappa shape index (κ2) is 13.9. The Balaban J connectivity index is 1.57. The van der Waals surface area contributed by atoms with Crippen LogP contribution < -0.4 is 10.6 Å². The topological polar surface area (TPSA) is 156 Å². The maximum Gasteiger partial charge on any atom is 0.416 e. The predicted molar refractivity (Wildman–Crippen MR) is 145 cm³/mol. The van der Waals surface area contributed by atoms with Gasteiger partial charge in [0, 0.05) is 23.2 Å². The van der Waals surface area contributed by atoms with Crippen LogP contribution in [0.5, 0.6) is 0 Å². The van der Waals surface area contributed by atoms with Crippen LogP contribution in [0.2, 0.25) is 0 Å². The van der Waals surface area contributed by atoms with Crippen LogP contribution in [0.15, 0.2) is 42.5 Å². The van der Waals surface area contributed by atoms with Gasteiger partial charge in [0.05, 0.1) is 11.1 Å². The Bertz CT molecular complexity index is 1470. The SMILES string of the molecule is CC(C)(C)OC(=O)NC(CCCCNC(=O)c1ccc(-c2nnc(-c3cc(C(F)(F)F)cc(C(F)(F)F)c3)nn2)cc1)C(=O)O. The molecule has 3 rings (SSSR count). The summed E-state index contributed by atoms with van der Waals surface area (Å²) in [5.74, 6) is -2.32. The van der Waals surface area contributed by atoms with Crippen molar-refractivity contribution >= 4 is 18.0 Å². The summed E-state index contributed by atoms with van der Waals surface area (Å²) in [6, 6.07) is 5.49. The molecule has 0 aliphatic heterocycles. The summed E-state index contributed by atoms with van der Waals surface area (Å²) in [5.41, 5.74) is -3.87. The number of aliphatic carboxylic acids is 1. The van der Waals surface area contributed by atoms with E-state index in [4.69, 9.17) is 4.74 Å². The molecular formula is C28H28F6N6O5. The maximum atomic E-state index is 13.2. The van der Waals surface area contributed by atoms with Crippen molar-refractivity contribution in [3.8, 4) is 22.8 Å². The molecule has 3 aromatic rings. The fourth-order valence-corrected chi connectivity index (χ4v) is 3.80. The third-order valence-corrected chi connectivity index (χ3v) is 5.92. The third kappa shape index (κ3) is 10.4. The lowest BCUT2D eigenvalue weighted by molar-refractivity contribution is -0.143. The van der Waals surface area contributed by atoms with Crippen LogP contribution in [-0.2, 0) is 21.9 Å². The zero-order valence-electron chi connectivity index (χ0n) is 24.1. The zero-order valence-corrected chi connectivity index (χ0v) is 24.1. The smallest absolute Gasteiger partial charge is 0.416 e. The quantitative estimate of drug-likeness (QED) is 0.192. The summed E-state index contributed by atoms with van der Waals surface area (Å²) in [6.07, 6.45) is -10.1. The van der Waals surface area contributed by atoms with Gasteiger partial charge in [0.25, 0.3) is 5.91 Å². The van der Waals surface area contributed by atoms with Crippen LogP contribution in [0, 0.1) is 0 Å². The lowest BCUT2D eigenvalue weighted by atomic mass is 10.0. The van der Waals surface area contributed by atoms with Crippen LogP contribution in [0.4, 0.5) is 31.1 Å². The molecule has 0 aliphatic carbocycles. The van der Waals surface area contributed by atoms with E-state index < -0.39 is 64.5 Å². The van der Waals surface area contributed by atoms with E-state index in [2.05, 4.69) is 31.0 Å². The van der Waals surface area contributed by atoms with Crippen molar-refractivity contribution in [1.29, 1.82) is 0 Å². The molecule has 2 amide bonds. The largest absolute Gasteiger partial charge is 0.480 e. The van der Waals surface area contributed by atoms with E-state index in [-0.39, 0.29) is 30.4 Å². The number of halogens is 6. The van der Waals surface area contributed by atoms with Gasteiger partial charge in [-0.2, -0.15) is 26.3 Å². The van der Waals surface area contributed by atoms with Crippen LogP contribution in [0.25, 0.3) is 22.8 Å². The first-order valence-corrected chi connectivity index (χ1v) is 13.3. The van der Waals surface area contributed by atoms with Gasteiger partial charge in [0.15, 0.2) is 0 Å². The summed E-state index contributed by atoms with van der Waals surface area (Å²) in [6.45, 7) is 5.15. The summed E-state index contributed by atoms with van der Waals surface area (Å²) < 4.78 is 84.0. The number of carboxylic acids is 1. The minimum absolute atomic E-state index is 0.0161. The molecule has 0 spiro atoms. The van der Waals surface area contributed by atoms with Gasteiger partial charge in [-0.25, -0.2) is 9.59 Å². The van der Waals surface area contributed by atoms with Crippen LogP contribution in [0.3, 0.4) is 0 Å². The number of amides is 2. The number of alkyl carbamates (subject to hydrolysis) is 1. The van der Waals surface area contributed by atoms with Crippen molar-refractivity contribution in [3.63, 3.8) is 0 Å². The Labute approximate surface area is 252 Å². The number of carbonyl (C=O) groups is 3. The number of alkyl halides is 6. The number of nitrogens with zero attached hydrogens (tertiary/aromatic N) is 4. The van der Waals surface area contributed by atoms with Crippen LogP contribution in [0.1, 0.15) is 61.5 Å². The van der Waals surface area contributed by atoms with E-state index in [1.54, 1.807) is 20.8 Å². The van der Waals surface area contributed by atoms with E-state index in [0.29, 0.717) is 30.5 Å². The van der Waals surface area contributed by atoms with Crippen molar-refractivity contribution in [1.82, 2.24) is 31.0 Å². The van der Waals surface area contributed by atoms with Crippen molar-refractivity contribution in [3.05, 3.63) is 59.2 Å². The van der Waals surface area contributed by atoms with Gasteiger partial charge in [-0.15, -0.1) is 20.4 Å². The molecule has 0 fully saturated rings. The molecule has 0 saturated heterocycles. The highest BCUT2D eigenvalue weighted by atomic mass is 19.4. The number of carbonyl (C=O) groups excluding carboxylic acids is 2. The average molecular weight is 643 g/mol. The fraction of sp³-hybridized carbons (Fsp3) is 0.393. The molecule has 1 unspecified atom stereocenters. The Hall–Kier alpha value is -4.83. The minimum Gasteiger partial charge on any atom is -0.480 e. The lowest BCUT2D eigenvalue weighted by Crippen LogP contribution is -2.43. The van der Waals surface area contributed by atoms with Crippen molar-refractivity contribution in [2.75, 3.05) is 6.54 Å². The molecule has 1 atom stereocenters. The normalized spacial score (nSPS) is 12.7. The molecular weight excluding hydrogens is 614 g/mol. The zero-order chi connectivity index (χ0) is 33.6. The van der Waals surface area contributed by atoms with Crippen molar-refractivity contribution < 1.29 is 50.6 Å². The second-order valence-electron chi connectivity index (χ2n) is 10.7. The molecule has 17 heteroatoms. The number of carboxylic acid groups (broad SMARTS) is 1. The van der Waals surface area contributed by atoms with E-state index in [1.807, 2.05) is 0 Å². The molecule has 242 valence electrons. The Morgan fingerprint density at radius 3 is 1.78 bits per heavy atom. The standard InChI is InChI=1S/C28H28F6N6O5/c1-26(2,3)45-25(44)36-20(24(42)43)6-4-5-11-35-23(41)16-9-7-15(8-10-16)21-37-39-22(40-38-21)17-12-18(27(29,30)31)14-19(13-17)28(32,33)34/h7-10,12-14,20H,4-6,11H2,1-3H3,(H,35,41)(H,36,44)(H,42,43). The molecule has 0 saturated carbocycles. The molecule has 2 aromatic carbocycles. The highest BCUT2D eigenvalue weighted by Gasteiger charge is 2.37. The van der Waals surface area contributed by atoms with Gasteiger partial charge < -0.3 is 20.5 Å². The Morgan fingerprint density at radius 2 is 1.31 bits per heavy atom. The molecule has 11 nitrogen and oxygen atoms in total. The first-order valence-electron chi connectivity index (χ1n) is 13.3.